The fraction of sp³-hybridized carbons (Fsp3) is 0.500. The quantitative estimate of drug-likeness (QED) is 0.307. The van der Waals surface area contributed by atoms with Gasteiger partial charge >= 0.3 is 34.7 Å². The number of rotatable bonds is 5. The molecule has 0 fully saturated rings. The zero-order chi connectivity index (χ0) is 17.8. The first-order chi connectivity index (χ1) is 9.24. The molecule has 0 spiro atoms. The third-order valence-corrected chi connectivity index (χ3v) is 1.29. The van der Waals surface area contributed by atoms with Crippen LogP contribution in [0.25, 0.3) is 0 Å². The minimum absolute atomic E-state index is 0. The van der Waals surface area contributed by atoms with E-state index < -0.39 is 46.5 Å². The summed E-state index contributed by atoms with van der Waals surface area (Å²) in [5.41, 5.74) is -2.74. The summed E-state index contributed by atoms with van der Waals surface area (Å²) in [5.74, 6) is -5.02. The number of nitrogens with zero attached hydrogens (tertiary/aromatic N) is 2. The molecule has 129 valence electrons. The van der Waals surface area contributed by atoms with Gasteiger partial charge in [-0.2, -0.15) is 0 Å². The van der Waals surface area contributed by atoms with Gasteiger partial charge in [0.1, 0.15) is 0 Å². The van der Waals surface area contributed by atoms with Gasteiger partial charge in [-0.3, -0.25) is 9.59 Å². The summed E-state index contributed by atoms with van der Waals surface area (Å²) in [4.78, 5) is 47.0. The van der Waals surface area contributed by atoms with E-state index in [1.165, 1.54) is 0 Å². The van der Waals surface area contributed by atoms with Gasteiger partial charge in [0, 0.05) is 0 Å². The minimum Gasteiger partial charge on any atom is -0.481 e. The number of carboxylic acids is 3. The maximum atomic E-state index is 10.3. The second-order valence-corrected chi connectivity index (χ2v) is 2.92. The van der Waals surface area contributed by atoms with Gasteiger partial charge in [-0.25, -0.2) is 4.79 Å². The van der Waals surface area contributed by atoms with Gasteiger partial charge in [0.05, 0.1) is 23.0 Å². The minimum atomic E-state index is -2.74. The molecule has 4 N–H and O–H groups in total. The summed E-state index contributed by atoms with van der Waals surface area (Å²) < 4.78 is 0. The van der Waals surface area contributed by atoms with Crippen molar-refractivity contribution in [1.82, 2.24) is 0 Å². The summed E-state index contributed by atoms with van der Waals surface area (Å²) in [6.07, 6.45) is -2.29. The third kappa shape index (κ3) is 26.0. The molecule has 15 nitrogen and oxygen atoms in total. The smallest absolute Gasteiger partial charge is 0.481 e. The average molecular weight is 375 g/mol. The van der Waals surface area contributed by atoms with Crippen LogP contribution in [0.15, 0.2) is 0 Å². The van der Waals surface area contributed by atoms with E-state index in [0.717, 1.165) is 0 Å². The van der Waals surface area contributed by atoms with E-state index in [-0.39, 0.29) is 16.8 Å². The van der Waals surface area contributed by atoms with Crippen molar-refractivity contribution in [2.75, 3.05) is 0 Å². The van der Waals surface area contributed by atoms with Gasteiger partial charge in [-0.1, -0.05) is 0 Å². The van der Waals surface area contributed by atoms with E-state index in [1.807, 2.05) is 0 Å². The van der Waals surface area contributed by atoms with Gasteiger partial charge < -0.3 is 51.1 Å². The van der Waals surface area contributed by atoms with E-state index in [2.05, 4.69) is 0 Å². The Morgan fingerprint density at radius 1 is 0.818 bits per heavy atom. The Morgan fingerprint density at radius 2 is 1.00 bits per heavy atom. The molecule has 0 rings (SSSR count). The van der Waals surface area contributed by atoms with E-state index >= 15 is 0 Å². The molecule has 0 aliphatic heterocycles. The maximum Gasteiger partial charge on any atom is 2.00 e. The predicted molar refractivity (Wildman–Crippen MR) is 57.8 cm³/mol. The second kappa shape index (κ2) is 13.3. The number of carbonyl (C=O) groups is 3. The van der Waals surface area contributed by atoms with Crippen molar-refractivity contribution < 1.29 is 61.8 Å². The fourth-order valence-corrected chi connectivity index (χ4v) is 0.714. The number of aliphatic hydroxyl groups is 1. The molecular formula is C6H8CoN2O13. The Bertz CT molecular complexity index is 373. The van der Waals surface area contributed by atoms with Crippen molar-refractivity contribution >= 4 is 17.9 Å². The molecule has 22 heavy (non-hydrogen) atoms. The van der Waals surface area contributed by atoms with Crippen LogP contribution in [-0.2, 0) is 31.2 Å². The zero-order valence-corrected chi connectivity index (χ0v) is 11.1. The number of carboxylic acid groups (broad SMARTS) is 3. The van der Waals surface area contributed by atoms with Gasteiger partial charge in [-0.05, 0) is 0 Å². The van der Waals surface area contributed by atoms with Crippen LogP contribution in [0.3, 0.4) is 0 Å². The van der Waals surface area contributed by atoms with Crippen molar-refractivity contribution in [3.8, 4) is 0 Å². The Hall–Kier alpha value is -2.72. The SMILES string of the molecule is O=C(O)CC(O)(CC(=O)O)C(=O)O.O=[N+]([O-])[O-].O=[N+]([O-])[O-].[Co+2]. The first-order valence-electron chi connectivity index (χ1n) is 4.27. The van der Waals surface area contributed by atoms with E-state index in [0.29, 0.717) is 0 Å². The normalized spacial score (nSPS) is 8.59. The molecule has 0 heterocycles. The van der Waals surface area contributed by atoms with Crippen LogP contribution in [-0.4, -0.2) is 54.1 Å². The van der Waals surface area contributed by atoms with Crippen LogP contribution in [0.1, 0.15) is 12.8 Å². The third-order valence-electron chi connectivity index (χ3n) is 1.29. The Kier molecular flexibility index (Phi) is 16.6. The zero-order valence-electron chi connectivity index (χ0n) is 10.1. The predicted octanol–water partition coefficient (Wildman–Crippen LogP) is -1.73. The van der Waals surface area contributed by atoms with Crippen molar-refractivity contribution in [1.29, 1.82) is 0 Å². The molecule has 0 aromatic rings. The van der Waals surface area contributed by atoms with Crippen LogP contribution in [0.5, 0.6) is 0 Å². The Balaban J connectivity index is -0.000000150. The molecular weight excluding hydrogens is 367 g/mol. The number of hydrogen-bond donors (Lipinski definition) is 4. The monoisotopic (exact) mass is 375 g/mol. The van der Waals surface area contributed by atoms with Gasteiger partial charge in [0.25, 0.3) is 0 Å². The summed E-state index contributed by atoms with van der Waals surface area (Å²) in [6.45, 7) is 0. The molecule has 1 radical (unpaired) electrons. The van der Waals surface area contributed by atoms with E-state index in [9.17, 15) is 14.4 Å². The van der Waals surface area contributed by atoms with Crippen LogP contribution in [0.2, 0.25) is 0 Å². The Morgan fingerprint density at radius 3 is 1.09 bits per heavy atom. The van der Waals surface area contributed by atoms with Crippen molar-refractivity contribution in [3.63, 3.8) is 0 Å². The van der Waals surface area contributed by atoms with Crippen LogP contribution in [0.4, 0.5) is 0 Å². The average Bonchev–Trinajstić information content (AvgIpc) is 2.11. The topological polar surface area (TPSA) is 265 Å². The number of aliphatic carboxylic acids is 3. The summed E-state index contributed by atoms with van der Waals surface area (Å²) in [6, 6.07) is 0. The van der Waals surface area contributed by atoms with Crippen molar-refractivity contribution in [2.45, 2.75) is 18.4 Å². The van der Waals surface area contributed by atoms with Gasteiger partial charge in [0.2, 0.25) is 0 Å². The Labute approximate surface area is 129 Å². The first kappa shape index (κ1) is 27.6. The van der Waals surface area contributed by atoms with Crippen molar-refractivity contribution in [3.05, 3.63) is 30.6 Å². The summed E-state index contributed by atoms with van der Waals surface area (Å²) in [5, 5.41) is 63.3. The molecule has 0 saturated carbocycles. The largest absolute Gasteiger partial charge is 2.00 e. The molecule has 0 aliphatic carbocycles. The van der Waals surface area contributed by atoms with Crippen LogP contribution in [0, 0.1) is 30.6 Å². The number of hydrogen-bond acceptors (Lipinski definition) is 10. The molecule has 0 saturated heterocycles. The molecule has 16 heteroatoms. The molecule has 0 amide bonds. The summed E-state index contributed by atoms with van der Waals surface area (Å²) >= 11 is 0. The van der Waals surface area contributed by atoms with Gasteiger partial charge in [-0.15, -0.1) is 0 Å². The second-order valence-electron chi connectivity index (χ2n) is 2.92. The standard InChI is InChI=1S/C6H8O7.Co.2NO3/c7-3(8)1-6(13,5(11)12)2-4(9)10;;2*2-1(3)4/h13H,1-2H2,(H,7,8)(H,9,10)(H,11,12);;;/q;+2;2*-1. The maximum absolute atomic E-state index is 10.3. The molecule has 0 aromatic heterocycles. The van der Waals surface area contributed by atoms with Crippen LogP contribution >= 0.6 is 0 Å². The first-order valence-corrected chi connectivity index (χ1v) is 4.27. The van der Waals surface area contributed by atoms with E-state index in [1.54, 1.807) is 0 Å². The van der Waals surface area contributed by atoms with Gasteiger partial charge in [0.15, 0.2) is 5.60 Å². The fourth-order valence-electron chi connectivity index (χ4n) is 0.714. The van der Waals surface area contributed by atoms with E-state index in [4.69, 9.17) is 51.1 Å². The molecule has 0 aliphatic rings. The molecule has 0 atom stereocenters. The molecule has 0 aromatic carbocycles. The molecule has 0 unspecified atom stereocenters. The molecule has 0 bridgehead atoms. The van der Waals surface area contributed by atoms with Crippen LogP contribution < -0.4 is 0 Å². The summed E-state index contributed by atoms with van der Waals surface area (Å²) in [7, 11) is 0. The van der Waals surface area contributed by atoms with Crippen molar-refractivity contribution in [2.24, 2.45) is 0 Å².